The van der Waals surface area contributed by atoms with Crippen LogP contribution < -0.4 is 5.32 Å². The predicted octanol–water partition coefficient (Wildman–Crippen LogP) is 4.03. The molecule has 2 aromatic carbocycles. The largest absolute Gasteiger partial charge is 0.352 e. The first-order valence-corrected chi connectivity index (χ1v) is 11.6. The number of nitrogens with zero attached hydrogens (tertiary/aromatic N) is 3. The average molecular weight is 483 g/mol. The smallest absolute Gasteiger partial charge is 0.251 e. The van der Waals surface area contributed by atoms with Gasteiger partial charge in [0.15, 0.2) is 0 Å². The Morgan fingerprint density at radius 3 is 2.68 bits per heavy atom. The van der Waals surface area contributed by atoms with Crippen LogP contribution in [0.2, 0.25) is 0 Å². The first-order valence-electron chi connectivity index (χ1n) is 10.8. The lowest BCUT2D eigenvalue weighted by Gasteiger charge is -2.30. The van der Waals surface area contributed by atoms with Crippen molar-refractivity contribution < 1.29 is 9.59 Å². The van der Waals surface area contributed by atoms with Crippen LogP contribution in [0.25, 0.3) is 11.0 Å². The number of carbonyl (C=O) groups excluding carboxylic acids is 2. The number of fused-ring (bicyclic) bond motifs is 1. The number of rotatable bonds is 6. The molecule has 1 aromatic heterocycles. The molecule has 1 fully saturated rings. The van der Waals surface area contributed by atoms with E-state index in [1.54, 1.807) is 12.1 Å². The average Bonchev–Trinajstić information content (AvgIpc) is 3.11. The van der Waals surface area contributed by atoms with Gasteiger partial charge in [-0.15, -0.1) is 0 Å². The number of imidazole rings is 1. The van der Waals surface area contributed by atoms with E-state index in [0.717, 1.165) is 47.3 Å². The molecule has 0 spiro atoms. The number of piperidine rings is 1. The van der Waals surface area contributed by atoms with Crippen LogP contribution >= 0.6 is 15.9 Å². The summed E-state index contributed by atoms with van der Waals surface area (Å²) in [6, 6.07) is 15.2. The lowest BCUT2D eigenvalue weighted by Crippen LogP contribution is -2.40. The van der Waals surface area contributed by atoms with E-state index in [1.807, 2.05) is 45.9 Å². The van der Waals surface area contributed by atoms with Crippen molar-refractivity contribution in [3.05, 3.63) is 64.4 Å². The molecule has 0 bridgehead atoms. The lowest BCUT2D eigenvalue weighted by molar-refractivity contribution is -0.133. The second-order valence-corrected chi connectivity index (χ2v) is 9.10. The van der Waals surface area contributed by atoms with E-state index in [-0.39, 0.29) is 18.4 Å². The van der Waals surface area contributed by atoms with E-state index in [0.29, 0.717) is 24.4 Å². The minimum Gasteiger partial charge on any atom is -0.352 e. The van der Waals surface area contributed by atoms with E-state index in [4.69, 9.17) is 4.98 Å². The molecule has 0 aliphatic carbocycles. The Balaban J connectivity index is 1.46. The molecule has 0 saturated carbocycles. The minimum atomic E-state index is -0.123. The molecule has 1 aliphatic rings. The van der Waals surface area contributed by atoms with Crippen LogP contribution in [-0.2, 0) is 17.8 Å². The quantitative estimate of drug-likeness (QED) is 0.576. The third-order valence-corrected chi connectivity index (χ3v) is 6.38. The number of hydrogen-bond acceptors (Lipinski definition) is 3. The minimum absolute atomic E-state index is 0.123. The molecule has 1 N–H and O–H groups in total. The van der Waals surface area contributed by atoms with Gasteiger partial charge in [0.2, 0.25) is 5.91 Å². The molecular formula is C24H27BrN4O2. The van der Waals surface area contributed by atoms with Gasteiger partial charge in [0.05, 0.1) is 11.0 Å². The maximum Gasteiger partial charge on any atom is 0.251 e. The summed E-state index contributed by atoms with van der Waals surface area (Å²) in [6.07, 6.45) is 2.68. The van der Waals surface area contributed by atoms with Crippen molar-refractivity contribution in [2.75, 3.05) is 19.6 Å². The maximum absolute atomic E-state index is 13.0. The summed E-state index contributed by atoms with van der Waals surface area (Å²) in [5.41, 5.74) is 2.43. The van der Waals surface area contributed by atoms with Gasteiger partial charge in [0.25, 0.3) is 5.91 Å². The van der Waals surface area contributed by atoms with Gasteiger partial charge in [0.1, 0.15) is 12.4 Å². The zero-order chi connectivity index (χ0) is 21.8. The first kappa shape index (κ1) is 21.6. The fourth-order valence-corrected chi connectivity index (χ4v) is 4.40. The van der Waals surface area contributed by atoms with Crippen molar-refractivity contribution in [1.29, 1.82) is 0 Å². The number of amides is 2. The van der Waals surface area contributed by atoms with Crippen LogP contribution in [0.5, 0.6) is 0 Å². The van der Waals surface area contributed by atoms with Crippen LogP contribution in [-0.4, -0.2) is 45.9 Å². The summed E-state index contributed by atoms with van der Waals surface area (Å²) in [7, 11) is 0. The summed E-state index contributed by atoms with van der Waals surface area (Å²) in [6.45, 7) is 4.62. The zero-order valence-corrected chi connectivity index (χ0v) is 19.3. The van der Waals surface area contributed by atoms with Gasteiger partial charge in [-0.1, -0.05) is 41.1 Å². The number of para-hydroxylation sites is 2. The van der Waals surface area contributed by atoms with Crippen LogP contribution in [0.4, 0.5) is 0 Å². The summed E-state index contributed by atoms with van der Waals surface area (Å²) >= 11 is 3.39. The highest BCUT2D eigenvalue weighted by Crippen LogP contribution is 2.20. The SMILES string of the molecule is CC1CCN(C(=O)Cn2c(CCNC(=O)c3cccc(Br)c3)nc3ccccc32)CC1. The van der Waals surface area contributed by atoms with E-state index < -0.39 is 0 Å². The molecular weight excluding hydrogens is 456 g/mol. The van der Waals surface area contributed by atoms with E-state index in [2.05, 4.69) is 28.2 Å². The van der Waals surface area contributed by atoms with Gasteiger partial charge < -0.3 is 14.8 Å². The molecule has 1 saturated heterocycles. The summed E-state index contributed by atoms with van der Waals surface area (Å²) < 4.78 is 2.87. The van der Waals surface area contributed by atoms with Crippen molar-refractivity contribution in [2.45, 2.75) is 32.7 Å². The monoisotopic (exact) mass is 482 g/mol. The second kappa shape index (κ2) is 9.64. The number of benzene rings is 2. The molecule has 0 unspecified atom stereocenters. The van der Waals surface area contributed by atoms with E-state index in [1.165, 1.54) is 0 Å². The topological polar surface area (TPSA) is 67.2 Å². The van der Waals surface area contributed by atoms with Gasteiger partial charge in [-0.2, -0.15) is 0 Å². The van der Waals surface area contributed by atoms with Gasteiger partial charge in [-0.3, -0.25) is 9.59 Å². The van der Waals surface area contributed by atoms with Gasteiger partial charge in [-0.25, -0.2) is 4.98 Å². The molecule has 2 amide bonds. The summed E-state index contributed by atoms with van der Waals surface area (Å²) in [5, 5.41) is 2.96. The molecule has 6 nitrogen and oxygen atoms in total. The molecule has 0 radical (unpaired) electrons. The molecule has 31 heavy (non-hydrogen) atoms. The van der Waals surface area contributed by atoms with Crippen LogP contribution in [0.15, 0.2) is 53.0 Å². The van der Waals surface area contributed by atoms with Crippen molar-refractivity contribution in [2.24, 2.45) is 5.92 Å². The Hall–Kier alpha value is -2.67. The number of carbonyl (C=O) groups is 2. The molecule has 162 valence electrons. The third-order valence-electron chi connectivity index (χ3n) is 5.88. The Kier molecular flexibility index (Phi) is 6.70. The molecule has 7 heteroatoms. The van der Waals surface area contributed by atoms with E-state index in [9.17, 15) is 9.59 Å². The van der Waals surface area contributed by atoms with Gasteiger partial charge >= 0.3 is 0 Å². The number of hydrogen-bond donors (Lipinski definition) is 1. The Morgan fingerprint density at radius 1 is 1.13 bits per heavy atom. The highest BCUT2D eigenvalue weighted by atomic mass is 79.9. The summed E-state index contributed by atoms with van der Waals surface area (Å²) in [5.74, 6) is 1.51. The second-order valence-electron chi connectivity index (χ2n) is 8.18. The Morgan fingerprint density at radius 2 is 1.90 bits per heavy atom. The van der Waals surface area contributed by atoms with Gasteiger partial charge in [-0.05, 0) is 49.1 Å². The predicted molar refractivity (Wildman–Crippen MR) is 125 cm³/mol. The highest BCUT2D eigenvalue weighted by Gasteiger charge is 2.22. The Labute approximate surface area is 190 Å². The van der Waals surface area contributed by atoms with Crippen molar-refractivity contribution in [3.63, 3.8) is 0 Å². The number of nitrogens with one attached hydrogen (secondary N) is 1. The fraction of sp³-hybridized carbons (Fsp3) is 0.375. The van der Waals surface area contributed by atoms with Crippen LogP contribution in [0, 0.1) is 5.92 Å². The third kappa shape index (κ3) is 5.15. The van der Waals surface area contributed by atoms with Crippen LogP contribution in [0.1, 0.15) is 35.9 Å². The number of likely N-dealkylation sites (tertiary alicyclic amines) is 1. The Bertz CT molecular complexity index is 1090. The summed E-state index contributed by atoms with van der Waals surface area (Å²) in [4.78, 5) is 32.1. The molecule has 2 heterocycles. The van der Waals surface area contributed by atoms with Crippen LogP contribution in [0.3, 0.4) is 0 Å². The normalized spacial score (nSPS) is 14.7. The van der Waals surface area contributed by atoms with Crippen molar-refractivity contribution >= 4 is 38.8 Å². The van der Waals surface area contributed by atoms with Crippen molar-refractivity contribution in [1.82, 2.24) is 19.8 Å². The van der Waals surface area contributed by atoms with Crippen molar-refractivity contribution in [3.8, 4) is 0 Å². The first-order chi connectivity index (χ1) is 15.0. The molecule has 3 aromatic rings. The standard InChI is InChI=1S/C24H27BrN4O2/c1-17-10-13-28(14-11-17)23(30)16-29-21-8-3-2-7-20(21)27-22(29)9-12-26-24(31)18-5-4-6-19(25)15-18/h2-8,15,17H,9-14,16H2,1H3,(H,26,31). The number of aromatic nitrogens is 2. The molecule has 4 rings (SSSR count). The lowest BCUT2D eigenvalue weighted by atomic mass is 9.99. The highest BCUT2D eigenvalue weighted by molar-refractivity contribution is 9.10. The van der Waals surface area contributed by atoms with E-state index >= 15 is 0 Å². The zero-order valence-electron chi connectivity index (χ0n) is 17.7. The number of halogens is 1. The molecule has 0 atom stereocenters. The maximum atomic E-state index is 13.0. The van der Waals surface area contributed by atoms with Gasteiger partial charge in [0, 0.05) is 36.1 Å². The molecule has 1 aliphatic heterocycles. The fourth-order valence-electron chi connectivity index (χ4n) is 4.01.